The highest BCUT2D eigenvalue weighted by atomic mass is 16.7. The maximum Gasteiger partial charge on any atom is 0.186 e. The van der Waals surface area contributed by atoms with Gasteiger partial charge < -0.3 is 57.2 Å². The molecule has 0 amide bonds. The Kier molecular flexibility index (Phi) is 21.7. The van der Waals surface area contributed by atoms with Gasteiger partial charge in [-0.2, -0.15) is 0 Å². The first kappa shape index (κ1) is 41.9. The van der Waals surface area contributed by atoms with Gasteiger partial charge in [-0.15, -0.1) is 0 Å². The molecule has 1 fully saturated rings. The fraction of sp³-hybridized carbons (Fsp3) is 0.550. The van der Waals surface area contributed by atoms with E-state index in [0.29, 0.717) is 92.5 Å². The van der Waals surface area contributed by atoms with E-state index in [2.05, 4.69) is 0 Å². The van der Waals surface area contributed by atoms with E-state index in [-0.39, 0.29) is 13.2 Å². The summed E-state index contributed by atoms with van der Waals surface area (Å²) >= 11 is 0. The monoisotopic (exact) mass is 728 g/mol. The molecular formula is C40H56O12. The van der Waals surface area contributed by atoms with Crippen molar-refractivity contribution in [1.82, 2.24) is 0 Å². The lowest BCUT2D eigenvalue weighted by Crippen LogP contribution is -2.61. The van der Waals surface area contributed by atoms with Crippen LogP contribution in [-0.2, 0) is 71.9 Å². The highest BCUT2D eigenvalue weighted by Gasteiger charge is 2.48. The summed E-state index contributed by atoms with van der Waals surface area (Å²) in [5, 5.41) is 8.68. The van der Waals surface area contributed by atoms with Crippen LogP contribution in [0.4, 0.5) is 0 Å². The molecule has 0 unspecified atom stereocenters. The topological polar surface area (TPSA) is 122 Å². The first-order valence-electron chi connectivity index (χ1n) is 18.0. The van der Waals surface area contributed by atoms with Gasteiger partial charge in [0.2, 0.25) is 0 Å². The van der Waals surface area contributed by atoms with E-state index in [0.717, 1.165) is 16.7 Å². The molecule has 52 heavy (non-hydrogen) atoms. The van der Waals surface area contributed by atoms with Gasteiger partial charge in [-0.25, -0.2) is 0 Å². The second kappa shape index (κ2) is 26.9. The number of ether oxygens (including phenoxy) is 11. The molecule has 5 atom stereocenters. The lowest BCUT2D eigenvalue weighted by molar-refractivity contribution is -0.322. The number of aliphatic hydroxyl groups excluding tert-OH is 1. The molecule has 12 nitrogen and oxygen atoms in total. The van der Waals surface area contributed by atoms with E-state index in [9.17, 15) is 0 Å². The van der Waals surface area contributed by atoms with Crippen LogP contribution in [-0.4, -0.2) is 129 Å². The highest BCUT2D eigenvalue weighted by Crippen LogP contribution is 2.30. The van der Waals surface area contributed by atoms with E-state index in [1.165, 1.54) is 0 Å². The Morgan fingerprint density at radius 1 is 0.462 bits per heavy atom. The van der Waals surface area contributed by atoms with Crippen LogP contribution in [0.15, 0.2) is 91.0 Å². The van der Waals surface area contributed by atoms with Crippen molar-refractivity contribution in [2.24, 2.45) is 0 Å². The van der Waals surface area contributed by atoms with Gasteiger partial charge in [-0.05, 0) is 16.7 Å². The predicted octanol–water partition coefficient (Wildman–Crippen LogP) is 4.21. The summed E-state index contributed by atoms with van der Waals surface area (Å²) in [7, 11) is 1.61. The van der Waals surface area contributed by atoms with Crippen molar-refractivity contribution in [3.05, 3.63) is 108 Å². The zero-order chi connectivity index (χ0) is 36.3. The van der Waals surface area contributed by atoms with Crippen molar-refractivity contribution < 1.29 is 57.2 Å². The number of rotatable bonds is 29. The smallest absolute Gasteiger partial charge is 0.186 e. The van der Waals surface area contributed by atoms with Gasteiger partial charge in [0, 0.05) is 7.11 Å². The van der Waals surface area contributed by atoms with E-state index >= 15 is 0 Å². The summed E-state index contributed by atoms with van der Waals surface area (Å²) in [5.74, 6) is 0. The van der Waals surface area contributed by atoms with Gasteiger partial charge >= 0.3 is 0 Å². The number of benzene rings is 3. The molecule has 1 N–H and O–H groups in total. The molecule has 0 saturated carbocycles. The molecule has 1 aliphatic heterocycles. The Morgan fingerprint density at radius 3 is 1.35 bits per heavy atom. The molecule has 0 aromatic heterocycles. The van der Waals surface area contributed by atoms with E-state index in [1.54, 1.807) is 7.11 Å². The van der Waals surface area contributed by atoms with Gasteiger partial charge in [0.25, 0.3) is 0 Å². The standard InChI is InChI=1S/C40H56O12/c1-42-40-39(51-31-35-15-9-4-10-16-35)38(50-30-34-13-7-3-8-14-34)37(36(52-40)32-48-29-33-11-5-2-6-12-33)49-28-27-47-26-25-46-24-23-45-22-21-44-20-19-43-18-17-41/h2-16,36-41H,17-32H2,1H3/t36-,37-,38+,39-,40+/m1/s1. The molecule has 0 bridgehead atoms. The van der Waals surface area contributed by atoms with Crippen LogP contribution in [0, 0.1) is 0 Å². The van der Waals surface area contributed by atoms with Crippen molar-refractivity contribution in [2.75, 3.05) is 93.0 Å². The Bertz CT molecular complexity index is 1260. The van der Waals surface area contributed by atoms with Crippen molar-refractivity contribution >= 4 is 0 Å². The summed E-state index contributed by atoms with van der Waals surface area (Å²) < 4.78 is 65.6. The summed E-state index contributed by atoms with van der Waals surface area (Å²) in [4.78, 5) is 0. The third-order valence-electron chi connectivity index (χ3n) is 8.05. The maximum atomic E-state index is 8.68. The minimum Gasteiger partial charge on any atom is -0.394 e. The third kappa shape index (κ3) is 16.5. The van der Waals surface area contributed by atoms with Crippen LogP contribution in [0.1, 0.15) is 16.7 Å². The molecule has 0 aliphatic carbocycles. The first-order valence-corrected chi connectivity index (χ1v) is 18.0. The molecule has 12 heteroatoms. The second-order valence-corrected chi connectivity index (χ2v) is 11.9. The van der Waals surface area contributed by atoms with E-state index in [4.69, 9.17) is 57.2 Å². The summed E-state index contributed by atoms with van der Waals surface area (Å²) in [6.07, 6.45) is -2.88. The molecule has 4 rings (SSSR count). The van der Waals surface area contributed by atoms with Gasteiger partial charge in [-0.3, -0.25) is 0 Å². The molecule has 1 heterocycles. The van der Waals surface area contributed by atoms with Crippen LogP contribution in [0.2, 0.25) is 0 Å². The Morgan fingerprint density at radius 2 is 0.885 bits per heavy atom. The average Bonchev–Trinajstić information content (AvgIpc) is 3.19. The van der Waals surface area contributed by atoms with Crippen LogP contribution in [0.3, 0.4) is 0 Å². The normalized spacial score (nSPS) is 20.3. The predicted molar refractivity (Wildman–Crippen MR) is 193 cm³/mol. The van der Waals surface area contributed by atoms with Crippen LogP contribution < -0.4 is 0 Å². The molecule has 0 spiro atoms. The molecule has 3 aromatic carbocycles. The van der Waals surface area contributed by atoms with Crippen LogP contribution in [0.5, 0.6) is 0 Å². The molecule has 1 saturated heterocycles. The number of methoxy groups -OCH3 is 1. The largest absolute Gasteiger partial charge is 0.394 e. The Balaban J connectivity index is 1.28. The Hall–Kier alpha value is -2.82. The fourth-order valence-corrected chi connectivity index (χ4v) is 5.46. The average molecular weight is 729 g/mol. The van der Waals surface area contributed by atoms with Crippen molar-refractivity contribution in [1.29, 1.82) is 0 Å². The van der Waals surface area contributed by atoms with Crippen molar-refractivity contribution in [3.8, 4) is 0 Å². The molecule has 3 aromatic rings. The van der Waals surface area contributed by atoms with Crippen LogP contribution >= 0.6 is 0 Å². The Labute approximate surface area is 308 Å². The summed E-state index contributed by atoms with van der Waals surface area (Å²) in [5.41, 5.74) is 3.12. The lowest BCUT2D eigenvalue weighted by Gasteiger charge is -2.45. The first-order chi connectivity index (χ1) is 25.8. The molecule has 0 radical (unpaired) electrons. The third-order valence-corrected chi connectivity index (χ3v) is 8.05. The highest BCUT2D eigenvalue weighted by molar-refractivity contribution is 5.15. The minimum atomic E-state index is -0.712. The maximum absolute atomic E-state index is 8.68. The fourth-order valence-electron chi connectivity index (χ4n) is 5.46. The quantitative estimate of drug-likeness (QED) is 0.103. The SMILES string of the molecule is CO[C@H]1O[C@H](COCc2ccccc2)[C@@H](OCCOCCOCCOCCOCCOCCO)[C@H](OCc2ccccc2)[C@H]1OCc1ccccc1. The van der Waals surface area contributed by atoms with Crippen molar-refractivity contribution in [2.45, 2.75) is 50.5 Å². The van der Waals surface area contributed by atoms with Crippen molar-refractivity contribution in [3.63, 3.8) is 0 Å². The zero-order valence-corrected chi connectivity index (χ0v) is 30.3. The molecular weight excluding hydrogens is 672 g/mol. The molecule has 288 valence electrons. The van der Waals surface area contributed by atoms with E-state index in [1.807, 2.05) is 91.0 Å². The zero-order valence-electron chi connectivity index (χ0n) is 30.3. The summed E-state index contributed by atoms with van der Waals surface area (Å²) in [6, 6.07) is 30.0. The number of aliphatic hydroxyl groups is 1. The van der Waals surface area contributed by atoms with Gasteiger partial charge in [-0.1, -0.05) is 91.0 Å². The van der Waals surface area contributed by atoms with Gasteiger partial charge in [0.05, 0.1) is 106 Å². The van der Waals surface area contributed by atoms with Gasteiger partial charge in [0.15, 0.2) is 6.29 Å². The number of hydrogen-bond donors (Lipinski definition) is 1. The van der Waals surface area contributed by atoms with Crippen LogP contribution in [0.25, 0.3) is 0 Å². The molecule has 1 aliphatic rings. The second-order valence-electron chi connectivity index (χ2n) is 11.9. The minimum absolute atomic E-state index is 0.0111. The van der Waals surface area contributed by atoms with Gasteiger partial charge in [0.1, 0.15) is 24.4 Å². The summed E-state index contributed by atoms with van der Waals surface area (Å²) in [6.45, 7) is 6.00. The lowest BCUT2D eigenvalue weighted by atomic mass is 9.98. The number of hydrogen-bond acceptors (Lipinski definition) is 12. The van der Waals surface area contributed by atoms with E-state index < -0.39 is 30.7 Å².